The van der Waals surface area contributed by atoms with E-state index in [2.05, 4.69) is 10.6 Å². The third-order valence-electron chi connectivity index (χ3n) is 2.41. The fourth-order valence-electron chi connectivity index (χ4n) is 1.32. The molecule has 1 aliphatic rings. The molecule has 1 saturated carbocycles. The summed E-state index contributed by atoms with van der Waals surface area (Å²) in [6.07, 6.45) is 3.44. The topological polar surface area (TPSA) is 71.3 Å². The lowest BCUT2D eigenvalue weighted by atomic mass is 10.4. The van der Waals surface area contributed by atoms with Crippen molar-refractivity contribution in [3.05, 3.63) is 24.2 Å². The standard InChI is InChI=1S/C11H14N2O3/c14-10(7-13-11(15)8-3-4-8)12-6-9-2-1-5-16-9/h1-2,5,8H,3-4,6-7H2,(H,12,14)(H,13,15). The summed E-state index contributed by atoms with van der Waals surface area (Å²) in [7, 11) is 0. The average Bonchev–Trinajstić information content (AvgIpc) is 3.01. The first kappa shape index (κ1) is 10.7. The SMILES string of the molecule is O=C(CNC(=O)C1CC1)NCc1ccco1. The molecule has 5 heteroatoms. The maximum absolute atomic E-state index is 11.3. The molecule has 2 N–H and O–H groups in total. The summed E-state index contributed by atoms with van der Waals surface area (Å²) in [4.78, 5) is 22.6. The Morgan fingerprint density at radius 2 is 2.19 bits per heavy atom. The Balaban J connectivity index is 1.62. The van der Waals surface area contributed by atoms with Gasteiger partial charge in [-0.3, -0.25) is 9.59 Å². The van der Waals surface area contributed by atoms with Crippen molar-refractivity contribution in [1.82, 2.24) is 10.6 Å². The van der Waals surface area contributed by atoms with Crippen molar-refractivity contribution in [2.24, 2.45) is 5.92 Å². The Hall–Kier alpha value is -1.78. The van der Waals surface area contributed by atoms with Gasteiger partial charge in [-0.05, 0) is 25.0 Å². The smallest absolute Gasteiger partial charge is 0.239 e. The molecule has 1 aliphatic carbocycles. The van der Waals surface area contributed by atoms with Crippen molar-refractivity contribution in [2.45, 2.75) is 19.4 Å². The molecule has 2 amide bonds. The van der Waals surface area contributed by atoms with Gasteiger partial charge in [0.05, 0.1) is 19.4 Å². The number of furan rings is 1. The van der Waals surface area contributed by atoms with E-state index in [4.69, 9.17) is 4.42 Å². The second-order valence-electron chi connectivity index (χ2n) is 3.85. The van der Waals surface area contributed by atoms with E-state index in [9.17, 15) is 9.59 Å². The maximum Gasteiger partial charge on any atom is 0.239 e. The molecule has 0 saturated heterocycles. The van der Waals surface area contributed by atoms with E-state index < -0.39 is 0 Å². The molecule has 86 valence electrons. The fourth-order valence-corrected chi connectivity index (χ4v) is 1.32. The van der Waals surface area contributed by atoms with Gasteiger partial charge in [-0.2, -0.15) is 0 Å². The third-order valence-corrected chi connectivity index (χ3v) is 2.41. The zero-order chi connectivity index (χ0) is 11.4. The van der Waals surface area contributed by atoms with E-state index in [-0.39, 0.29) is 24.3 Å². The monoisotopic (exact) mass is 222 g/mol. The highest BCUT2D eigenvalue weighted by molar-refractivity contribution is 5.86. The normalized spacial score (nSPS) is 14.5. The van der Waals surface area contributed by atoms with Gasteiger partial charge < -0.3 is 15.1 Å². The molecular weight excluding hydrogens is 208 g/mol. The molecule has 0 unspecified atom stereocenters. The Morgan fingerprint density at radius 1 is 1.38 bits per heavy atom. The van der Waals surface area contributed by atoms with Crippen LogP contribution >= 0.6 is 0 Å². The Labute approximate surface area is 93.2 Å². The lowest BCUT2D eigenvalue weighted by molar-refractivity contribution is -0.126. The largest absolute Gasteiger partial charge is 0.467 e. The number of carbonyl (C=O) groups excluding carboxylic acids is 2. The number of hydrogen-bond donors (Lipinski definition) is 2. The van der Waals surface area contributed by atoms with Crippen LogP contribution in [0.15, 0.2) is 22.8 Å². The average molecular weight is 222 g/mol. The molecule has 1 heterocycles. The van der Waals surface area contributed by atoms with Crippen molar-refractivity contribution in [3.8, 4) is 0 Å². The molecule has 5 nitrogen and oxygen atoms in total. The summed E-state index contributed by atoms with van der Waals surface area (Å²) in [6.45, 7) is 0.390. The minimum absolute atomic E-state index is 0.0202. The van der Waals surface area contributed by atoms with E-state index in [0.29, 0.717) is 12.3 Å². The number of amides is 2. The van der Waals surface area contributed by atoms with Gasteiger partial charge in [-0.1, -0.05) is 0 Å². The van der Waals surface area contributed by atoms with Gasteiger partial charge in [0.15, 0.2) is 0 Å². The molecule has 2 rings (SSSR count). The Kier molecular flexibility index (Phi) is 3.24. The van der Waals surface area contributed by atoms with Crippen LogP contribution in [0.1, 0.15) is 18.6 Å². The van der Waals surface area contributed by atoms with Crippen LogP contribution in [0.25, 0.3) is 0 Å². The predicted octanol–water partition coefficient (Wildman–Crippen LogP) is 0.422. The van der Waals surface area contributed by atoms with Crippen molar-refractivity contribution in [3.63, 3.8) is 0 Å². The number of hydrogen-bond acceptors (Lipinski definition) is 3. The highest BCUT2D eigenvalue weighted by Gasteiger charge is 2.29. The zero-order valence-electron chi connectivity index (χ0n) is 8.86. The molecule has 0 aliphatic heterocycles. The molecule has 1 aromatic rings. The van der Waals surface area contributed by atoms with E-state index in [0.717, 1.165) is 12.8 Å². The summed E-state index contributed by atoms with van der Waals surface area (Å²) < 4.78 is 5.06. The predicted molar refractivity (Wildman–Crippen MR) is 56.3 cm³/mol. The van der Waals surface area contributed by atoms with Crippen LogP contribution in [-0.4, -0.2) is 18.4 Å². The van der Waals surface area contributed by atoms with Crippen LogP contribution in [-0.2, 0) is 16.1 Å². The first-order valence-corrected chi connectivity index (χ1v) is 5.32. The molecule has 1 aromatic heterocycles. The zero-order valence-corrected chi connectivity index (χ0v) is 8.86. The van der Waals surface area contributed by atoms with Crippen LogP contribution in [0.5, 0.6) is 0 Å². The molecule has 1 fully saturated rings. The van der Waals surface area contributed by atoms with E-state index in [1.54, 1.807) is 18.4 Å². The van der Waals surface area contributed by atoms with Crippen molar-refractivity contribution in [2.75, 3.05) is 6.54 Å². The third kappa shape index (κ3) is 3.12. The lowest BCUT2D eigenvalue weighted by Gasteiger charge is -2.04. The van der Waals surface area contributed by atoms with Crippen molar-refractivity contribution in [1.29, 1.82) is 0 Å². The van der Waals surface area contributed by atoms with Gasteiger partial charge in [0.2, 0.25) is 11.8 Å². The highest BCUT2D eigenvalue weighted by atomic mass is 16.3. The summed E-state index contributed by atoms with van der Waals surface area (Å²) in [5, 5.41) is 5.25. The summed E-state index contributed by atoms with van der Waals surface area (Å²) in [6, 6.07) is 3.54. The second-order valence-corrected chi connectivity index (χ2v) is 3.85. The highest BCUT2D eigenvalue weighted by Crippen LogP contribution is 2.28. The molecular formula is C11H14N2O3. The molecule has 0 atom stereocenters. The summed E-state index contributed by atoms with van der Waals surface area (Å²) in [5.74, 6) is 0.610. The van der Waals surface area contributed by atoms with Crippen LogP contribution < -0.4 is 10.6 Å². The molecule has 16 heavy (non-hydrogen) atoms. The minimum atomic E-state index is -0.203. The van der Waals surface area contributed by atoms with Gasteiger partial charge in [0.1, 0.15) is 5.76 Å². The first-order valence-electron chi connectivity index (χ1n) is 5.32. The Morgan fingerprint density at radius 3 is 2.81 bits per heavy atom. The quantitative estimate of drug-likeness (QED) is 0.758. The van der Waals surface area contributed by atoms with Crippen LogP contribution in [0.3, 0.4) is 0 Å². The fraction of sp³-hybridized carbons (Fsp3) is 0.455. The number of nitrogens with one attached hydrogen (secondary N) is 2. The van der Waals surface area contributed by atoms with Crippen LogP contribution in [0, 0.1) is 5.92 Å². The number of carbonyl (C=O) groups is 2. The van der Waals surface area contributed by atoms with Crippen LogP contribution in [0.2, 0.25) is 0 Å². The van der Waals surface area contributed by atoms with E-state index in [1.165, 1.54) is 0 Å². The van der Waals surface area contributed by atoms with Gasteiger partial charge in [0, 0.05) is 5.92 Å². The van der Waals surface area contributed by atoms with Gasteiger partial charge >= 0.3 is 0 Å². The van der Waals surface area contributed by atoms with Crippen LogP contribution in [0.4, 0.5) is 0 Å². The lowest BCUT2D eigenvalue weighted by Crippen LogP contribution is -2.37. The van der Waals surface area contributed by atoms with Gasteiger partial charge in [-0.15, -0.1) is 0 Å². The Bertz CT molecular complexity index is 369. The first-order chi connectivity index (χ1) is 7.75. The summed E-state index contributed by atoms with van der Waals surface area (Å²) >= 11 is 0. The molecule has 0 radical (unpaired) electrons. The summed E-state index contributed by atoms with van der Waals surface area (Å²) in [5.41, 5.74) is 0. The number of rotatable bonds is 5. The van der Waals surface area contributed by atoms with Gasteiger partial charge in [0.25, 0.3) is 0 Å². The van der Waals surface area contributed by atoms with E-state index in [1.807, 2.05) is 0 Å². The van der Waals surface area contributed by atoms with E-state index >= 15 is 0 Å². The van der Waals surface area contributed by atoms with Gasteiger partial charge in [-0.25, -0.2) is 0 Å². The van der Waals surface area contributed by atoms with Crippen molar-refractivity contribution >= 4 is 11.8 Å². The maximum atomic E-state index is 11.3. The molecule has 0 spiro atoms. The molecule has 0 aromatic carbocycles. The van der Waals surface area contributed by atoms with Crippen molar-refractivity contribution < 1.29 is 14.0 Å². The second kappa shape index (κ2) is 4.83. The molecule has 0 bridgehead atoms. The minimum Gasteiger partial charge on any atom is -0.467 e.